The molecular weight excluding hydrogens is 362 g/mol. The fourth-order valence-electron chi connectivity index (χ4n) is 3.49. The number of rotatable bonds is 5. The number of hydrogen-bond donors (Lipinski definition) is 1. The van der Waals surface area contributed by atoms with Crippen LogP contribution in [0.25, 0.3) is 10.8 Å². The van der Waals surface area contributed by atoms with Gasteiger partial charge in [0.05, 0.1) is 24.1 Å². The molecule has 1 fully saturated rings. The number of benzene rings is 1. The van der Waals surface area contributed by atoms with Gasteiger partial charge in [0.2, 0.25) is 0 Å². The monoisotopic (exact) mass is 383 g/mol. The summed E-state index contributed by atoms with van der Waals surface area (Å²) >= 11 is 5.85. The second-order valence-electron chi connectivity index (χ2n) is 6.79. The lowest BCUT2D eigenvalue weighted by Crippen LogP contribution is -2.27. The van der Waals surface area contributed by atoms with Crippen molar-refractivity contribution < 1.29 is 9.47 Å². The lowest BCUT2D eigenvalue weighted by molar-refractivity contribution is 0.0328. The first kappa shape index (κ1) is 18.0. The molecule has 0 spiro atoms. The molecule has 0 aliphatic heterocycles. The van der Waals surface area contributed by atoms with Crippen LogP contribution in [0.4, 0.5) is 11.5 Å². The van der Waals surface area contributed by atoms with E-state index in [0.717, 1.165) is 53.7 Å². The highest BCUT2D eigenvalue weighted by Crippen LogP contribution is 2.30. The van der Waals surface area contributed by atoms with E-state index in [1.54, 1.807) is 25.6 Å². The first-order chi connectivity index (χ1) is 13.2. The summed E-state index contributed by atoms with van der Waals surface area (Å²) in [7, 11) is 1.79. The maximum atomic E-state index is 6.21. The number of hydrogen-bond acceptors (Lipinski definition) is 5. The molecule has 0 unspecified atom stereocenters. The van der Waals surface area contributed by atoms with Crippen LogP contribution < -0.4 is 10.1 Å². The summed E-state index contributed by atoms with van der Waals surface area (Å²) in [6, 6.07) is 11.8. The zero-order valence-corrected chi connectivity index (χ0v) is 15.9. The van der Waals surface area contributed by atoms with Crippen LogP contribution in [0.15, 0.2) is 48.8 Å². The molecular formula is C21H22ClN3O2. The number of fused-ring (bicyclic) bond motifs is 1. The Kier molecular flexibility index (Phi) is 5.41. The summed E-state index contributed by atoms with van der Waals surface area (Å²) in [4.78, 5) is 8.55. The summed E-state index contributed by atoms with van der Waals surface area (Å²) < 4.78 is 11.6. The molecule has 1 saturated carbocycles. The SMILES string of the molecule is CO[C@H]1CC[C@@H](Oc2ccc3c(Nc4ccc(Cl)nc4)nccc3c2)CC1. The van der Waals surface area contributed by atoms with Gasteiger partial charge in [0.1, 0.15) is 16.7 Å². The van der Waals surface area contributed by atoms with Gasteiger partial charge < -0.3 is 14.8 Å². The second-order valence-corrected chi connectivity index (χ2v) is 7.18. The average Bonchev–Trinajstić information content (AvgIpc) is 2.70. The maximum absolute atomic E-state index is 6.21. The van der Waals surface area contributed by atoms with Crippen LogP contribution in [-0.4, -0.2) is 29.3 Å². The van der Waals surface area contributed by atoms with Gasteiger partial charge in [-0.2, -0.15) is 0 Å². The number of methoxy groups -OCH3 is 1. The van der Waals surface area contributed by atoms with Gasteiger partial charge in [-0.1, -0.05) is 11.6 Å². The van der Waals surface area contributed by atoms with E-state index in [0.29, 0.717) is 11.3 Å². The Morgan fingerprint density at radius 3 is 2.56 bits per heavy atom. The Balaban J connectivity index is 1.50. The van der Waals surface area contributed by atoms with E-state index in [9.17, 15) is 0 Å². The number of halogens is 1. The lowest BCUT2D eigenvalue weighted by Gasteiger charge is -2.28. The molecule has 2 aromatic heterocycles. The van der Waals surface area contributed by atoms with Crippen molar-refractivity contribution >= 4 is 33.9 Å². The molecule has 5 nitrogen and oxygen atoms in total. The molecule has 1 aliphatic rings. The predicted molar refractivity (Wildman–Crippen MR) is 108 cm³/mol. The Bertz CT molecular complexity index is 909. The number of pyridine rings is 2. The molecule has 0 saturated heterocycles. The minimum absolute atomic E-state index is 0.258. The zero-order valence-electron chi connectivity index (χ0n) is 15.2. The number of nitrogens with one attached hydrogen (secondary N) is 1. The molecule has 0 radical (unpaired) electrons. The van der Waals surface area contributed by atoms with Gasteiger partial charge in [-0.3, -0.25) is 0 Å². The molecule has 27 heavy (non-hydrogen) atoms. The average molecular weight is 384 g/mol. The minimum Gasteiger partial charge on any atom is -0.490 e. The largest absolute Gasteiger partial charge is 0.490 e. The van der Waals surface area contributed by atoms with Crippen LogP contribution in [0.3, 0.4) is 0 Å². The smallest absolute Gasteiger partial charge is 0.138 e. The molecule has 1 aromatic carbocycles. The number of anilines is 2. The van der Waals surface area contributed by atoms with Gasteiger partial charge in [0.25, 0.3) is 0 Å². The summed E-state index contributed by atoms with van der Waals surface area (Å²) in [6.45, 7) is 0. The van der Waals surface area contributed by atoms with Crippen molar-refractivity contribution in [3.8, 4) is 5.75 Å². The van der Waals surface area contributed by atoms with Gasteiger partial charge in [0, 0.05) is 18.7 Å². The highest BCUT2D eigenvalue weighted by atomic mass is 35.5. The number of nitrogens with zero attached hydrogens (tertiary/aromatic N) is 2. The van der Waals surface area contributed by atoms with Crippen LogP contribution >= 0.6 is 11.6 Å². The fourth-order valence-corrected chi connectivity index (χ4v) is 3.61. The van der Waals surface area contributed by atoms with Crippen LogP contribution in [0.5, 0.6) is 5.75 Å². The van der Waals surface area contributed by atoms with Crippen molar-refractivity contribution in [2.75, 3.05) is 12.4 Å². The first-order valence-electron chi connectivity index (χ1n) is 9.18. The standard InChI is InChI=1S/C21H22ClN3O2/c1-26-16-3-5-17(6-4-16)27-18-7-8-19-14(12-18)10-11-23-21(19)25-15-2-9-20(22)24-13-15/h2,7-13,16-17H,3-6H2,1H3,(H,23,25)/t16-,17+. The molecule has 1 aliphatic carbocycles. The van der Waals surface area contributed by atoms with E-state index in [-0.39, 0.29) is 6.10 Å². The molecule has 0 atom stereocenters. The van der Waals surface area contributed by atoms with E-state index in [2.05, 4.69) is 21.4 Å². The number of aromatic nitrogens is 2. The molecule has 4 rings (SSSR count). The van der Waals surface area contributed by atoms with Crippen molar-refractivity contribution in [3.05, 3.63) is 53.9 Å². The Hall–Kier alpha value is -2.37. The molecule has 140 valence electrons. The highest BCUT2D eigenvalue weighted by molar-refractivity contribution is 6.29. The topological polar surface area (TPSA) is 56.3 Å². The maximum Gasteiger partial charge on any atom is 0.138 e. The third kappa shape index (κ3) is 4.31. The lowest BCUT2D eigenvalue weighted by atomic mass is 9.95. The van der Waals surface area contributed by atoms with Crippen molar-refractivity contribution in [1.82, 2.24) is 9.97 Å². The Labute approximate surface area is 163 Å². The Morgan fingerprint density at radius 1 is 1.00 bits per heavy atom. The van der Waals surface area contributed by atoms with E-state index >= 15 is 0 Å². The van der Waals surface area contributed by atoms with Crippen molar-refractivity contribution in [2.24, 2.45) is 0 Å². The summed E-state index contributed by atoms with van der Waals surface area (Å²) in [5.74, 6) is 1.68. The quantitative estimate of drug-likeness (QED) is 0.601. The second kappa shape index (κ2) is 8.11. The van der Waals surface area contributed by atoms with Crippen LogP contribution in [-0.2, 0) is 4.74 Å². The summed E-state index contributed by atoms with van der Waals surface area (Å²) in [6.07, 6.45) is 8.30. The third-order valence-corrected chi connectivity index (χ3v) is 5.21. The predicted octanol–water partition coefficient (Wildman–Crippen LogP) is 5.36. The van der Waals surface area contributed by atoms with Gasteiger partial charge in [-0.15, -0.1) is 0 Å². The molecule has 1 N–H and O–H groups in total. The highest BCUT2D eigenvalue weighted by Gasteiger charge is 2.22. The summed E-state index contributed by atoms with van der Waals surface area (Å²) in [5.41, 5.74) is 0.842. The minimum atomic E-state index is 0.258. The van der Waals surface area contributed by atoms with Crippen molar-refractivity contribution in [3.63, 3.8) is 0 Å². The number of ether oxygens (including phenoxy) is 2. The van der Waals surface area contributed by atoms with Crippen LogP contribution in [0.1, 0.15) is 25.7 Å². The van der Waals surface area contributed by atoms with Gasteiger partial charge in [0.15, 0.2) is 0 Å². The van der Waals surface area contributed by atoms with Crippen LogP contribution in [0, 0.1) is 0 Å². The van der Waals surface area contributed by atoms with Gasteiger partial charge in [-0.25, -0.2) is 9.97 Å². The van der Waals surface area contributed by atoms with Crippen molar-refractivity contribution in [2.45, 2.75) is 37.9 Å². The zero-order chi connectivity index (χ0) is 18.6. The van der Waals surface area contributed by atoms with E-state index in [4.69, 9.17) is 21.1 Å². The molecule has 2 heterocycles. The van der Waals surface area contributed by atoms with Gasteiger partial charge in [-0.05, 0) is 67.5 Å². The molecule has 6 heteroatoms. The molecule has 0 bridgehead atoms. The molecule has 0 amide bonds. The van der Waals surface area contributed by atoms with E-state index in [1.807, 2.05) is 24.3 Å². The van der Waals surface area contributed by atoms with Crippen molar-refractivity contribution in [1.29, 1.82) is 0 Å². The third-order valence-electron chi connectivity index (χ3n) is 4.98. The van der Waals surface area contributed by atoms with Gasteiger partial charge >= 0.3 is 0 Å². The fraction of sp³-hybridized carbons (Fsp3) is 0.333. The van der Waals surface area contributed by atoms with Crippen LogP contribution in [0.2, 0.25) is 5.15 Å². The first-order valence-corrected chi connectivity index (χ1v) is 9.56. The molecule has 3 aromatic rings. The normalized spacial score (nSPS) is 19.8. The summed E-state index contributed by atoms with van der Waals surface area (Å²) in [5, 5.41) is 5.88. The Morgan fingerprint density at radius 2 is 1.81 bits per heavy atom. The van der Waals surface area contributed by atoms with E-state index < -0.39 is 0 Å². The van der Waals surface area contributed by atoms with E-state index in [1.165, 1.54) is 0 Å².